The average Bonchev–Trinajstić information content (AvgIpc) is 3.04. The molecule has 1 unspecified atom stereocenters. The minimum atomic E-state index is -4.39. The topological polar surface area (TPSA) is 52.6 Å². The number of hydrogen-bond acceptors (Lipinski definition) is 4. The number of nitrogens with zero attached hydrogens (tertiary/aromatic N) is 3. The molecule has 1 aromatic rings. The maximum Gasteiger partial charge on any atom is 0.434 e. The van der Waals surface area contributed by atoms with E-state index in [9.17, 15) is 13.2 Å². The van der Waals surface area contributed by atoms with Crippen molar-refractivity contribution >= 4 is 17.3 Å². The van der Waals surface area contributed by atoms with Crippen LogP contribution in [0.15, 0.2) is 10.4 Å². The van der Waals surface area contributed by atoms with Gasteiger partial charge >= 0.3 is 6.18 Å². The summed E-state index contributed by atoms with van der Waals surface area (Å²) < 4.78 is 37.7. The SMILES string of the molecule is CN=C(NCc1nc(C(F)(F)F)cs1)NCC(C)N1CCC(C)CC1. The second kappa shape index (κ2) is 8.84. The van der Waals surface area contributed by atoms with Crippen LogP contribution in [-0.4, -0.2) is 48.6 Å². The molecule has 0 amide bonds. The molecule has 1 aliphatic heterocycles. The van der Waals surface area contributed by atoms with Gasteiger partial charge in [0.05, 0.1) is 6.54 Å². The van der Waals surface area contributed by atoms with Gasteiger partial charge in [0.25, 0.3) is 0 Å². The Morgan fingerprint density at radius 2 is 2.08 bits per heavy atom. The van der Waals surface area contributed by atoms with Crippen LogP contribution in [0.25, 0.3) is 0 Å². The van der Waals surface area contributed by atoms with Crippen molar-refractivity contribution < 1.29 is 13.2 Å². The zero-order chi connectivity index (χ0) is 18.4. The van der Waals surface area contributed by atoms with Crippen LogP contribution in [0, 0.1) is 5.92 Å². The molecule has 25 heavy (non-hydrogen) atoms. The first-order valence-corrected chi connectivity index (χ1v) is 9.37. The van der Waals surface area contributed by atoms with Crippen molar-refractivity contribution in [2.75, 3.05) is 26.7 Å². The number of aromatic nitrogens is 1. The number of hydrogen-bond donors (Lipinski definition) is 2. The normalized spacial score (nSPS) is 19.0. The third kappa shape index (κ3) is 6.14. The number of thiazole rings is 1. The fourth-order valence-corrected chi connectivity index (χ4v) is 3.49. The Bertz CT molecular complexity index is 564. The molecule has 1 fully saturated rings. The Balaban J connectivity index is 1.76. The Hall–Kier alpha value is -1.35. The van der Waals surface area contributed by atoms with Gasteiger partial charge in [0.2, 0.25) is 0 Å². The number of alkyl halides is 3. The van der Waals surface area contributed by atoms with E-state index < -0.39 is 11.9 Å². The molecule has 1 saturated heterocycles. The highest BCUT2D eigenvalue weighted by Crippen LogP contribution is 2.29. The minimum absolute atomic E-state index is 0.218. The second-order valence-electron chi connectivity index (χ2n) is 6.50. The van der Waals surface area contributed by atoms with E-state index in [1.165, 1.54) is 12.8 Å². The molecule has 0 radical (unpaired) electrons. The lowest BCUT2D eigenvalue weighted by molar-refractivity contribution is -0.140. The predicted molar refractivity (Wildman–Crippen MR) is 94.8 cm³/mol. The summed E-state index contributed by atoms with van der Waals surface area (Å²) in [4.78, 5) is 10.2. The van der Waals surface area contributed by atoms with Crippen LogP contribution in [0.1, 0.15) is 37.4 Å². The molecule has 1 aliphatic rings. The van der Waals surface area contributed by atoms with Crippen molar-refractivity contribution in [2.45, 2.75) is 45.5 Å². The fourth-order valence-electron chi connectivity index (χ4n) is 2.75. The van der Waals surface area contributed by atoms with E-state index in [1.54, 1.807) is 7.05 Å². The highest BCUT2D eigenvalue weighted by atomic mass is 32.1. The lowest BCUT2D eigenvalue weighted by atomic mass is 9.98. The van der Waals surface area contributed by atoms with Crippen LogP contribution in [0.2, 0.25) is 0 Å². The highest BCUT2D eigenvalue weighted by Gasteiger charge is 2.33. The van der Waals surface area contributed by atoms with Gasteiger partial charge in [-0.05, 0) is 38.8 Å². The highest BCUT2D eigenvalue weighted by molar-refractivity contribution is 7.09. The van der Waals surface area contributed by atoms with E-state index in [-0.39, 0.29) is 6.54 Å². The van der Waals surface area contributed by atoms with Crippen LogP contribution >= 0.6 is 11.3 Å². The first kappa shape index (κ1) is 20.0. The maximum atomic E-state index is 12.6. The molecule has 0 spiro atoms. The van der Waals surface area contributed by atoms with E-state index in [4.69, 9.17) is 0 Å². The van der Waals surface area contributed by atoms with Gasteiger partial charge in [-0.3, -0.25) is 9.89 Å². The number of likely N-dealkylation sites (tertiary alicyclic amines) is 1. The first-order chi connectivity index (χ1) is 11.8. The summed E-state index contributed by atoms with van der Waals surface area (Å²) in [7, 11) is 1.64. The quantitative estimate of drug-likeness (QED) is 0.612. The van der Waals surface area contributed by atoms with E-state index >= 15 is 0 Å². The van der Waals surface area contributed by atoms with E-state index in [0.29, 0.717) is 17.0 Å². The molecule has 0 bridgehead atoms. The molecule has 1 aromatic heterocycles. The molecule has 5 nitrogen and oxygen atoms in total. The molecule has 0 aromatic carbocycles. The third-order valence-corrected chi connectivity index (χ3v) is 5.33. The molecule has 2 N–H and O–H groups in total. The Labute approximate surface area is 150 Å². The van der Waals surface area contributed by atoms with Gasteiger partial charge in [0, 0.05) is 25.0 Å². The molecule has 2 heterocycles. The molecule has 142 valence electrons. The fraction of sp³-hybridized carbons (Fsp3) is 0.750. The number of piperidine rings is 1. The van der Waals surface area contributed by atoms with E-state index in [1.807, 2.05) is 0 Å². The van der Waals surface area contributed by atoms with E-state index in [2.05, 4.69) is 39.4 Å². The van der Waals surface area contributed by atoms with Gasteiger partial charge in [-0.2, -0.15) is 13.2 Å². The van der Waals surface area contributed by atoms with Crippen LogP contribution < -0.4 is 10.6 Å². The van der Waals surface area contributed by atoms with Gasteiger partial charge in [-0.15, -0.1) is 11.3 Å². The number of halogens is 3. The third-order valence-electron chi connectivity index (χ3n) is 4.48. The smallest absolute Gasteiger partial charge is 0.355 e. The van der Waals surface area contributed by atoms with Gasteiger partial charge in [-0.25, -0.2) is 4.98 Å². The maximum absolute atomic E-state index is 12.6. The summed E-state index contributed by atoms with van der Waals surface area (Å²) in [6, 6.07) is 0.378. The first-order valence-electron chi connectivity index (χ1n) is 8.49. The lowest BCUT2D eigenvalue weighted by Crippen LogP contribution is -2.47. The van der Waals surface area contributed by atoms with Crippen molar-refractivity contribution in [1.82, 2.24) is 20.5 Å². The Morgan fingerprint density at radius 1 is 1.40 bits per heavy atom. The summed E-state index contributed by atoms with van der Waals surface area (Å²) in [5, 5.41) is 7.67. The van der Waals surface area contributed by atoms with Gasteiger partial charge in [0.1, 0.15) is 5.01 Å². The summed E-state index contributed by atoms with van der Waals surface area (Å²) in [5.41, 5.74) is -0.842. The molecular weight excluding hydrogens is 351 g/mol. The summed E-state index contributed by atoms with van der Waals surface area (Å²) in [6.07, 6.45) is -1.94. The zero-order valence-electron chi connectivity index (χ0n) is 14.9. The average molecular weight is 377 g/mol. The second-order valence-corrected chi connectivity index (χ2v) is 7.44. The summed E-state index contributed by atoms with van der Waals surface area (Å²) in [5.74, 6) is 1.37. The summed E-state index contributed by atoms with van der Waals surface area (Å²) >= 11 is 0.992. The summed E-state index contributed by atoms with van der Waals surface area (Å²) in [6.45, 7) is 7.63. The monoisotopic (exact) mass is 377 g/mol. The Kier molecular flexibility index (Phi) is 7.06. The van der Waals surface area contributed by atoms with Gasteiger partial charge < -0.3 is 10.6 Å². The molecule has 2 rings (SSSR count). The predicted octanol–water partition coefficient (Wildman–Crippen LogP) is 2.95. The van der Waals surface area contributed by atoms with Crippen molar-refractivity contribution in [2.24, 2.45) is 10.9 Å². The van der Waals surface area contributed by atoms with Crippen LogP contribution in [0.4, 0.5) is 13.2 Å². The van der Waals surface area contributed by atoms with E-state index in [0.717, 1.165) is 42.3 Å². The van der Waals surface area contributed by atoms with Crippen LogP contribution in [0.5, 0.6) is 0 Å². The molecule has 9 heteroatoms. The molecule has 0 saturated carbocycles. The van der Waals surface area contributed by atoms with Crippen molar-refractivity contribution in [3.8, 4) is 0 Å². The number of rotatable bonds is 5. The minimum Gasteiger partial charge on any atom is -0.355 e. The number of nitrogens with one attached hydrogen (secondary N) is 2. The zero-order valence-corrected chi connectivity index (χ0v) is 15.7. The Morgan fingerprint density at radius 3 is 2.64 bits per heavy atom. The van der Waals surface area contributed by atoms with Gasteiger partial charge in [-0.1, -0.05) is 6.92 Å². The van der Waals surface area contributed by atoms with Gasteiger partial charge in [0.15, 0.2) is 11.7 Å². The lowest BCUT2D eigenvalue weighted by Gasteiger charge is -2.35. The molecule has 0 aliphatic carbocycles. The van der Waals surface area contributed by atoms with Crippen LogP contribution in [0.3, 0.4) is 0 Å². The largest absolute Gasteiger partial charge is 0.434 e. The van der Waals surface area contributed by atoms with Crippen molar-refractivity contribution in [3.63, 3.8) is 0 Å². The molecular formula is C16H26F3N5S. The van der Waals surface area contributed by atoms with Crippen molar-refractivity contribution in [1.29, 1.82) is 0 Å². The number of guanidine groups is 1. The van der Waals surface area contributed by atoms with Crippen LogP contribution in [-0.2, 0) is 12.7 Å². The standard InChI is InChI=1S/C16H26F3N5S/c1-11-4-6-24(7-5-11)12(2)8-21-15(20-3)22-9-14-23-13(10-25-14)16(17,18)19/h10-12H,4-9H2,1-3H3,(H2,20,21,22). The molecule has 1 atom stereocenters. The van der Waals surface area contributed by atoms with Crippen molar-refractivity contribution in [3.05, 3.63) is 16.1 Å². The number of aliphatic imine (C=N–C) groups is 1.